The van der Waals surface area contributed by atoms with E-state index in [0.717, 1.165) is 17.5 Å². The molecule has 0 aromatic heterocycles. The van der Waals surface area contributed by atoms with E-state index in [2.05, 4.69) is 36.4 Å². The van der Waals surface area contributed by atoms with Gasteiger partial charge in [-0.15, -0.1) is 0 Å². The Morgan fingerprint density at radius 1 is 0.773 bits per heavy atom. The molecule has 1 aliphatic carbocycles. The van der Waals surface area contributed by atoms with E-state index in [0.29, 0.717) is 5.02 Å². The van der Waals surface area contributed by atoms with Gasteiger partial charge >= 0.3 is 0 Å². The molecule has 1 nitrogen and oxygen atoms in total. The van der Waals surface area contributed by atoms with E-state index in [1.807, 2.05) is 30.3 Å². The number of hydrogen-bond donors (Lipinski definition) is 1. The number of aliphatic hydroxyl groups excluding tert-OH is 1. The van der Waals surface area contributed by atoms with Crippen molar-refractivity contribution in [2.75, 3.05) is 0 Å². The number of halogens is 1. The van der Waals surface area contributed by atoms with Gasteiger partial charge in [0.15, 0.2) is 0 Å². The normalized spacial score (nSPS) is 13.5. The fourth-order valence-electron chi connectivity index (χ4n) is 3.20. The first kappa shape index (κ1) is 13.6. The van der Waals surface area contributed by atoms with Crippen LogP contribution in [0.5, 0.6) is 0 Å². The summed E-state index contributed by atoms with van der Waals surface area (Å²) in [6.45, 7) is 0. The lowest BCUT2D eigenvalue weighted by Crippen LogP contribution is -2.00. The maximum Gasteiger partial charge on any atom is 0.104 e. The topological polar surface area (TPSA) is 20.2 Å². The lowest BCUT2D eigenvalue weighted by molar-refractivity contribution is 0.220. The minimum absolute atomic E-state index is 0.644. The fourth-order valence-corrected chi connectivity index (χ4v) is 3.40. The third kappa shape index (κ3) is 2.23. The Morgan fingerprint density at radius 3 is 2.41 bits per heavy atom. The molecule has 3 aromatic carbocycles. The molecule has 108 valence electrons. The van der Waals surface area contributed by atoms with Gasteiger partial charge in [0.05, 0.1) is 0 Å². The van der Waals surface area contributed by atoms with Crippen LogP contribution in [0.3, 0.4) is 0 Å². The van der Waals surface area contributed by atoms with E-state index in [9.17, 15) is 5.11 Å². The van der Waals surface area contributed by atoms with Gasteiger partial charge in [-0.25, -0.2) is 0 Å². The van der Waals surface area contributed by atoms with Crippen LogP contribution in [0, 0.1) is 0 Å². The van der Waals surface area contributed by atoms with Crippen molar-refractivity contribution in [3.63, 3.8) is 0 Å². The molecular formula is C20H15ClO. The zero-order valence-corrected chi connectivity index (χ0v) is 12.7. The predicted molar refractivity (Wildman–Crippen MR) is 90.2 cm³/mol. The number of fused-ring (bicyclic) bond motifs is 3. The minimum atomic E-state index is -0.646. The van der Waals surface area contributed by atoms with Gasteiger partial charge in [0, 0.05) is 5.02 Å². The van der Waals surface area contributed by atoms with Crippen LogP contribution >= 0.6 is 11.6 Å². The minimum Gasteiger partial charge on any atom is -0.384 e. The van der Waals surface area contributed by atoms with Crippen LogP contribution in [0.25, 0.3) is 11.1 Å². The molecule has 4 rings (SSSR count). The van der Waals surface area contributed by atoms with E-state index in [4.69, 9.17) is 11.6 Å². The Bertz CT molecular complexity index is 854. The van der Waals surface area contributed by atoms with Gasteiger partial charge in [-0.05, 0) is 51.9 Å². The highest BCUT2D eigenvalue weighted by Crippen LogP contribution is 2.38. The second kappa shape index (κ2) is 5.28. The number of aliphatic hydroxyl groups is 1. The molecule has 0 heterocycles. The van der Waals surface area contributed by atoms with E-state index in [-0.39, 0.29) is 0 Å². The van der Waals surface area contributed by atoms with Crippen molar-refractivity contribution < 1.29 is 5.11 Å². The van der Waals surface area contributed by atoms with Gasteiger partial charge in [0.2, 0.25) is 0 Å². The third-order valence-corrected chi connectivity index (χ3v) is 4.53. The van der Waals surface area contributed by atoms with Crippen molar-refractivity contribution in [1.29, 1.82) is 0 Å². The molecule has 0 saturated heterocycles. The van der Waals surface area contributed by atoms with Crippen LogP contribution in [0.15, 0.2) is 66.7 Å². The quantitative estimate of drug-likeness (QED) is 0.553. The van der Waals surface area contributed by atoms with E-state index in [1.165, 1.54) is 22.3 Å². The standard InChI is InChI=1S/C20H15ClO/c21-17-6-3-5-14(12-17)20(22)15-8-9-19-16(11-15)10-13-4-1-2-7-18(13)19/h1-9,11-12,20,22H,10H2/t20-/m0/s1. The van der Waals surface area contributed by atoms with Crippen molar-refractivity contribution in [1.82, 2.24) is 0 Å². The van der Waals surface area contributed by atoms with Crippen LogP contribution < -0.4 is 0 Å². The van der Waals surface area contributed by atoms with E-state index >= 15 is 0 Å². The van der Waals surface area contributed by atoms with Crippen molar-refractivity contribution in [2.24, 2.45) is 0 Å². The molecule has 1 N–H and O–H groups in total. The summed E-state index contributed by atoms with van der Waals surface area (Å²) in [4.78, 5) is 0. The van der Waals surface area contributed by atoms with Gasteiger partial charge in [-0.2, -0.15) is 0 Å². The van der Waals surface area contributed by atoms with Crippen molar-refractivity contribution in [2.45, 2.75) is 12.5 Å². The van der Waals surface area contributed by atoms with Crippen LogP contribution in [0.1, 0.15) is 28.4 Å². The Kier molecular flexibility index (Phi) is 3.25. The first-order chi connectivity index (χ1) is 10.7. The second-order valence-electron chi connectivity index (χ2n) is 5.71. The van der Waals surface area contributed by atoms with Crippen LogP contribution in [-0.4, -0.2) is 5.11 Å². The molecule has 2 heteroatoms. The molecule has 0 unspecified atom stereocenters. The third-order valence-electron chi connectivity index (χ3n) is 4.30. The van der Waals surface area contributed by atoms with Crippen LogP contribution in [0.4, 0.5) is 0 Å². The van der Waals surface area contributed by atoms with Crippen molar-refractivity contribution in [3.8, 4) is 11.1 Å². The Hall–Kier alpha value is -2.09. The summed E-state index contributed by atoms with van der Waals surface area (Å²) in [6.07, 6.45) is 0.287. The summed E-state index contributed by atoms with van der Waals surface area (Å²) in [7, 11) is 0. The Balaban J connectivity index is 1.73. The summed E-state index contributed by atoms with van der Waals surface area (Å²) in [6, 6.07) is 22.1. The van der Waals surface area contributed by atoms with Gasteiger partial charge in [-0.3, -0.25) is 0 Å². The highest BCUT2D eigenvalue weighted by Gasteiger charge is 2.20. The molecule has 1 aliphatic rings. The highest BCUT2D eigenvalue weighted by atomic mass is 35.5. The molecule has 0 aliphatic heterocycles. The average Bonchev–Trinajstić information content (AvgIpc) is 2.91. The fraction of sp³-hybridized carbons (Fsp3) is 0.100. The molecule has 0 saturated carbocycles. The molecule has 0 radical (unpaired) electrons. The summed E-state index contributed by atoms with van der Waals surface area (Å²) in [5.74, 6) is 0. The van der Waals surface area contributed by atoms with Crippen LogP contribution in [-0.2, 0) is 6.42 Å². The van der Waals surface area contributed by atoms with Crippen molar-refractivity contribution >= 4 is 11.6 Å². The summed E-state index contributed by atoms with van der Waals surface area (Å²) in [5, 5.41) is 11.2. The summed E-state index contributed by atoms with van der Waals surface area (Å²) >= 11 is 6.02. The Labute approximate surface area is 134 Å². The zero-order chi connectivity index (χ0) is 15.1. The molecule has 22 heavy (non-hydrogen) atoms. The summed E-state index contributed by atoms with van der Waals surface area (Å²) < 4.78 is 0. The van der Waals surface area contributed by atoms with Crippen LogP contribution in [0.2, 0.25) is 5.02 Å². The van der Waals surface area contributed by atoms with Gasteiger partial charge in [-0.1, -0.05) is 66.2 Å². The van der Waals surface area contributed by atoms with Gasteiger partial charge < -0.3 is 5.11 Å². The molecular weight excluding hydrogens is 292 g/mol. The zero-order valence-electron chi connectivity index (χ0n) is 12.0. The average molecular weight is 307 g/mol. The summed E-state index contributed by atoms with van der Waals surface area (Å²) in [5.41, 5.74) is 6.95. The number of benzene rings is 3. The van der Waals surface area contributed by atoms with E-state index < -0.39 is 6.10 Å². The first-order valence-corrected chi connectivity index (χ1v) is 7.75. The molecule has 0 amide bonds. The lowest BCUT2D eigenvalue weighted by atomic mass is 9.97. The monoisotopic (exact) mass is 306 g/mol. The van der Waals surface area contributed by atoms with Gasteiger partial charge in [0.1, 0.15) is 6.10 Å². The van der Waals surface area contributed by atoms with Gasteiger partial charge in [0.25, 0.3) is 0 Å². The number of rotatable bonds is 2. The van der Waals surface area contributed by atoms with Crippen molar-refractivity contribution in [3.05, 3.63) is 94.0 Å². The molecule has 0 fully saturated rings. The predicted octanol–water partition coefficient (Wildman–Crippen LogP) is 4.99. The smallest absolute Gasteiger partial charge is 0.104 e. The first-order valence-electron chi connectivity index (χ1n) is 7.37. The maximum absolute atomic E-state index is 10.6. The number of hydrogen-bond acceptors (Lipinski definition) is 1. The molecule has 0 spiro atoms. The molecule has 3 aromatic rings. The maximum atomic E-state index is 10.6. The molecule has 0 bridgehead atoms. The SMILES string of the molecule is O[C@@H](c1cccc(Cl)c1)c1ccc2c(c1)Cc1ccccc1-2. The lowest BCUT2D eigenvalue weighted by Gasteiger charge is -2.13. The largest absolute Gasteiger partial charge is 0.384 e. The van der Waals surface area contributed by atoms with E-state index in [1.54, 1.807) is 0 Å². The molecule has 1 atom stereocenters. The second-order valence-corrected chi connectivity index (χ2v) is 6.14. The Morgan fingerprint density at radius 2 is 1.55 bits per heavy atom. The highest BCUT2D eigenvalue weighted by molar-refractivity contribution is 6.30.